The van der Waals surface area contributed by atoms with Gasteiger partial charge in [0.2, 0.25) is 5.91 Å². The van der Waals surface area contributed by atoms with Crippen molar-refractivity contribution in [1.82, 2.24) is 24.9 Å². The van der Waals surface area contributed by atoms with E-state index in [0.29, 0.717) is 31.3 Å². The summed E-state index contributed by atoms with van der Waals surface area (Å²) in [5.74, 6) is -0.431. The quantitative estimate of drug-likeness (QED) is 0.393. The normalized spacial score (nSPS) is 23.0. The molecule has 3 unspecified atom stereocenters. The van der Waals surface area contributed by atoms with Crippen LogP contribution in [-0.2, 0) is 15.7 Å². The molecule has 228 valence electrons. The van der Waals surface area contributed by atoms with E-state index in [1.54, 1.807) is 0 Å². The molecular formula is C31H33ClF3N5O3. The van der Waals surface area contributed by atoms with Crippen LogP contribution in [0, 0.1) is 17.8 Å². The highest BCUT2D eigenvalue weighted by Crippen LogP contribution is 2.37. The molecule has 43 heavy (non-hydrogen) atoms. The van der Waals surface area contributed by atoms with Gasteiger partial charge < -0.3 is 19.9 Å². The lowest BCUT2D eigenvalue weighted by molar-refractivity contribution is -0.143. The molecule has 1 N–H and O–H groups in total. The highest BCUT2D eigenvalue weighted by atomic mass is 35.5. The second-order valence-corrected chi connectivity index (χ2v) is 12.0. The maximum Gasteiger partial charge on any atom is 0.434 e. The number of hydrogen-bond donors (Lipinski definition) is 1. The Kier molecular flexibility index (Phi) is 8.48. The van der Waals surface area contributed by atoms with Crippen molar-refractivity contribution in [2.75, 3.05) is 45.9 Å². The molecule has 4 heterocycles. The van der Waals surface area contributed by atoms with Crippen molar-refractivity contribution in [2.24, 2.45) is 17.8 Å². The predicted octanol–water partition coefficient (Wildman–Crippen LogP) is 4.83. The summed E-state index contributed by atoms with van der Waals surface area (Å²) in [5, 5.41) is 7.54. The highest BCUT2D eigenvalue weighted by molar-refractivity contribution is 6.30. The maximum atomic E-state index is 14.2. The second kappa shape index (κ2) is 12.3. The number of likely N-dealkylation sites (tertiary alicyclic amines) is 2. The van der Waals surface area contributed by atoms with Crippen LogP contribution in [0.4, 0.5) is 13.2 Å². The molecule has 2 aromatic carbocycles. The van der Waals surface area contributed by atoms with Crippen LogP contribution in [-0.4, -0.2) is 77.3 Å². The Morgan fingerprint density at radius 2 is 1.72 bits per heavy atom. The third-order valence-corrected chi connectivity index (χ3v) is 8.99. The number of nitrogens with zero attached hydrogens (tertiary/aromatic N) is 4. The van der Waals surface area contributed by atoms with Gasteiger partial charge in [0.15, 0.2) is 5.69 Å². The SMILES string of the molecule is O=C(N[C@@H](CCN1CC2CN(C(=O)c3cnn(-c4ccc(Cl)cc4)c3C(F)(F)F)CC2C1)c1ccccc1)C1CCOC1. The summed E-state index contributed by atoms with van der Waals surface area (Å²) in [5.41, 5.74) is -0.318. The molecule has 3 saturated heterocycles. The van der Waals surface area contributed by atoms with E-state index in [-0.39, 0.29) is 35.4 Å². The number of rotatable bonds is 8. The van der Waals surface area contributed by atoms with Crippen molar-refractivity contribution in [3.63, 3.8) is 0 Å². The average molecular weight is 616 g/mol. The lowest BCUT2D eigenvalue weighted by atomic mass is 10.0. The van der Waals surface area contributed by atoms with Crippen molar-refractivity contribution in [3.8, 4) is 5.69 Å². The van der Waals surface area contributed by atoms with E-state index in [4.69, 9.17) is 16.3 Å². The molecule has 3 aromatic rings. The Bertz CT molecular complexity index is 1430. The van der Waals surface area contributed by atoms with Gasteiger partial charge >= 0.3 is 6.18 Å². The molecule has 3 aliphatic rings. The molecule has 6 rings (SSSR count). The summed E-state index contributed by atoms with van der Waals surface area (Å²) in [7, 11) is 0. The summed E-state index contributed by atoms with van der Waals surface area (Å²) in [4.78, 5) is 30.1. The maximum absolute atomic E-state index is 14.2. The van der Waals surface area contributed by atoms with E-state index in [1.165, 1.54) is 29.2 Å². The fourth-order valence-corrected chi connectivity index (χ4v) is 6.64. The molecule has 0 saturated carbocycles. The Labute approximate surface area is 252 Å². The van der Waals surface area contributed by atoms with Crippen LogP contribution in [0.3, 0.4) is 0 Å². The van der Waals surface area contributed by atoms with Crippen LogP contribution in [0.5, 0.6) is 0 Å². The highest BCUT2D eigenvalue weighted by Gasteiger charge is 2.45. The van der Waals surface area contributed by atoms with E-state index >= 15 is 0 Å². The first-order chi connectivity index (χ1) is 20.7. The molecule has 0 aliphatic carbocycles. The average Bonchev–Trinajstić information content (AvgIpc) is 3.79. The van der Waals surface area contributed by atoms with E-state index in [9.17, 15) is 22.8 Å². The van der Waals surface area contributed by atoms with Crippen molar-refractivity contribution in [2.45, 2.75) is 25.1 Å². The van der Waals surface area contributed by atoms with E-state index < -0.39 is 23.3 Å². The molecule has 3 fully saturated rings. The number of carbonyl (C=O) groups is 2. The Hall–Kier alpha value is -3.41. The number of carbonyl (C=O) groups excluding carboxylic acids is 2. The van der Waals surface area contributed by atoms with Gasteiger partial charge in [-0.2, -0.15) is 18.3 Å². The number of halogens is 4. The Morgan fingerprint density at radius 1 is 1.02 bits per heavy atom. The number of hydrogen-bond acceptors (Lipinski definition) is 5. The van der Waals surface area contributed by atoms with Crippen LogP contribution in [0.25, 0.3) is 5.69 Å². The fourth-order valence-electron chi connectivity index (χ4n) is 6.51. The zero-order chi connectivity index (χ0) is 30.1. The third kappa shape index (κ3) is 6.44. The number of benzene rings is 2. The van der Waals surface area contributed by atoms with Crippen LogP contribution in [0.15, 0.2) is 60.8 Å². The lowest BCUT2D eigenvalue weighted by Crippen LogP contribution is -2.37. The molecule has 12 heteroatoms. The van der Waals surface area contributed by atoms with Gasteiger partial charge in [0.05, 0.1) is 36.0 Å². The first-order valence-corrected chi connectivity index (χ1v) is 14.9. The van der Waals surface area contributed by atoms with Crippen LogP contribution < -0.4 is 5.32 Å². The van der Waals surface area contributed by atoms with Crippen LogP contribution in [0.1, 0.15) is 40.5 Å². The molecule has 0 spiro atoms. The number of ether oxygens (including phenoxy) is 1. The summed E-state index contributed by atoms with van der Waals surface area (Å²) in [6.45, 7) is 4.09. The fraction of sp³-hybridized carbons (Fsp3) is 0.452. The van der Waals surface area contributed by atoms with Gasteiger partial charge in [0, 0.05) is 44.4 Å². The van der Waals surface area contributed by atoms with Crippen LogP contribution >= 0.6 is 11.6 Å². The molecule has 8 nitrogen and oxygen atoms in total. The number of aromatic nitrogens is 2. The van der Waals surface area contributed by atoms with Gasteiger partial charge in [-0.15, -0.1) is 0 Å². The first-order valence-electron chi connectivity index (χ1n) is 14.5. The van der Waals surface area contributed by atoms with Gasteiger partial charge in [-0.3, -0.25) is 9.59 Å². The first kappa shape index (κ1) is 29.7. The van der Waals surface area contributed by atoms with E-state index in [1.807, 2.05) is 30.3 Å². The summed E-state index contributed by atoms with van der Waals surface area (Å²) in [6.07, 6.45) is -2.31. The van der Waals surface area contributed by atoms with Gasteiger partial charge in [0.25, 0.3) is 5.91 Å². The molecular weight excluding hydrogens is 583 g/mol. The molecule has 4 atom stereocenters. The Morgan fingerprint density at radius 3 is 2.35 bits per heavy atom. The van der Waals surface area contributed by atoms with Gasteiger partial charge in [0.1, 0.15) is 0 Å². The van der Waals surface area contributed by atoms with Crippen molar-refractivity contribution < 1.29 is 27.5 Å². The molecule has 0 bridgehead atoms. The molecule has 0 radical (unpaired) electrons. The second-order valence-electron chi connectivity index (χ2n) is 11.6. The molecule has 2 amide bonds. The standard InChI is InChI=1S/C31H33ClF3N5O3/c32-24-6-8-25(9-7-24)40-28(31(33,34)35)26(14-36-40)30(42)39-17-22-15-38(16-23(22)18-39)12-10-27(20-4-2-1-3-5-20)37-29(41)21-11-13-43-19-21/h1-9,14,21-23,27H,10-13,15-19H2,(H,37,41)/t21?,22?,23?,27-/m0/s1. The smallest absolute Gasteiger partial charge is 0.381 e. The minimum atomic E-state index is -4.77. The number of nitrogens with one attached hydrogen (secondary N) is 1. The topological polar surface area (TPSA) is 79.7 Å². The summed E-state index contributed by atoms with van der Waals surface area (Å²) < 4.78 is 48.7. The Balaban J connectivity index is 1.09. The van der Waals surface area contributed by atoms with Crippen molar-refractivity contribution in [3.05, 3.63) is 82.6 Å². The van der Waals surface area contributed by atoms with Gasteiger partial charge in [-0.1, -0.05) is 41.9 Å². The largest absolute Gasteiger partial charge is 0.434 e. The number of fused-ring (bicyclic) bond motifs is 1. The van der Waals surface area contributed by atoms with E-state index in [2.05, 4.69) is 15.3 Å². The zero-order valence-corrected chi connectivity index (χ0v) is 24.2. The number of alkyl halides is 3. The molecule has 3 aliphatic heterocycles. The predicted molar refractivity (Wildman–Crippen MR) is 154 cm³/mol. The van der Waals surface area contributed by atoms with Gasteiger partial charge in [-0.05, 0) is 54.5 Å². The van der Waals surface area contributed by atoms with Crippen molar-refractivity contribution >= 4 is 23.4 Å². The van der Waals surface area contributed by atoms with Crippen molar-refractivity contribution in [1.29, 1.82) is 0 Å². The lowest BCUT2D eigenvalue weighted by Gasteiger charge is -2.25. The molecule has 1 aromatic heterocycles. The minimum absolute atomic E-state index is 0.0106. The zero-order valence-electron chi connectivity index (χ0n) is 23.5. The van der Waals surface area contributed by atoms with E-state index in [0.717, 1.165) is 48.9 Å². The van der Waals surface area contributed by atoms with Gasteiger partial charge in [-0.25, -0.2) is 4.68 Å². The monoisotopic (exact) mass is 615 g/mol. The van der Waals surface area contributed by atoms with Crippen LogP contribution in [0.2, 0.25) is 5.02 Å². The minimum Gasteiger partial charge on any atom is -0.381 e. The number of amides is 2. The third-order valence-electron chi connectivity index (χ3n) is 8.74. The summed E-state index contributed by atoms with van der Waals surface area (Å²) >= 11 is 5.90. The summed E-state index contributed by atoms with van der Waals surface area (Å²) in [6, 6.07) is 15.6.